The second-order valence-corrected chi connectivity index (χ2v) is 7.90. The summed E-state index contributed by atoms with van der Waals surface area (Å²) in [6.07, 6.45) is -4.67. The fraction of sp³-hybridized carbons (Fsp3) is 0.296. The Kier molecular flexibility index (Phi) is 8.19. The summed E-state index contributed by atoms with van der Waals surface area (Å²) in [5.74, 6) is -0.957. The molecule has 4 atom stereocenters. The van der Waals surface area contributed by atoms with E-state index in [0.29, 0.717) is 6.61 Å². The predicted octanol–water partition coefficient (Wildman–Crippen LogP) is 4.64. The van der Waals surface area contributed by atoms with Gasteiger partial charge in [0.05, 0.1) is 26.4 Å². The Morgan fingerprint density at radius 1 is 0.667 bits per heavy atom. The molecule has 1 saturated heterocycles. The van der Waals surface area contributed by atoms with Crippen LogP contribution in [0.3, 0.4) is 0 Å². The van der Waals surface area contributed by atoms with Crippen LogP contribution < -0.4 is 0 Å². The number of hydrogen-bond acceptors (Lipinski definition) is 5. The van der Waals surface area contributed by atoms with E-state index in [0.717, 1.165) is 16.7 Å². The zero-order chi connectivity index (χ0) is 22.9. The minimum absolute atomic E-state index is 0.0675. The predicted molar refractivity (Wildman–Crippen MR) is 121 cm³/mol. The quantitative estimate of drug-likeness (QED) is 0.422. The molecule has 6 heteroatoms. The summed E-state index contributed by atoms with van der Waals surface area (Å²) in [6, 6.07) is 28.6. The summed E-state index contributed by atoms with van der Waals surface area (Å²) in [5.41, 5.74) is 2.79. The minimum Gasteiger partial charge on any atom is -0.455 e. The lowest BCUT2D eigenvalue weighted by atomic mass is 10.00. The van der Waals surface area contributed by atoms with Gasteiger partial charge in [0, 0.05) is 0 Å². The zero-order valence-corrected chi connectivity index (χ0v) is 18.2. The maximum Gasteiger partial charge on any atom is 0.344 e. The van der Waals surface area contributed by atoms with E-state index in [4.69, 9.17) is 18.9 Å². The Labute approximate surface area is 193 Å². The van der Waals surface area contributed by atoms with Crippen molar-refractivity contribution in [2.24, 2.45) is 0 Å². The van der Waals surface area contributed by atoms with E-state index >= 15 is 0 Å². The molecule has 0 aromatic heterocycles. The van der Waals surface area contributed by atoms with E-state index in [-0.39, 0.29) is 19.8 Å². The van der Waals surface area contributed by atoms with Crippen LogP contribution in [0.2, 0.25) is 0 Å². The lowest BCUT2D eigenvalue weighted by Crippen LogP contribution is -2.57. The van der Waals surface area contributed by atoms with E-state index in [1.807, 2.05) is 91.0 Å². The Morgan fingerprint density at radius 3 is 1.64 bits per heavy atom. The molecule has 5 nitrogen and oxygen atoms in total. The van der Waals surface area contributed by atoms with Crippen molar-refractivity contribution in [2.75, 3.05) is 6.61 Å². The van der Waals surface area contributed by atoms with Crippen LogP contribution >= 0.6 is 0 Å². The molecule has 0 aliphatic carbocycles. The molecule has 0 saturated carbocycles. The molecule has 1 aliphatic rings. The Hall–Kier alpha value is -3.06. The number of halogens is 1. The third-order valence-electron chi connectivity index (χ3n) is 5.44. The van der Waals surface area contributed by atoms with Gasteiger partial charge < -0.3 is 18.9 Å². The van der Waals surface area contributed by atoms with Crippen molar-refractivity contribution >= 4 is 5.97 Å². The molecule has 1 heterocycles. The van der Waals surface area contributed by atoms with Crippen molar-refractivity contribution in [3.8, 4) is 0 Å². The molecule has 3 aromatic rings. The first-order chi connectivity index (χ1) is 16.2. The Bertz CT molecular complexity index is 983. The summed E-state index contributed by atoms with van der Waals surface area (Å²) in [4.78, 5) is 12.3. The summed E-state index contributed by atoms with van der Waals surface area (Å²) in [6.45, 7) is 0.797. The highest BCUT2D eigenvalue weighted by atomic mass is 19.1. The highest BCUT2D eigenvalue weighted by Gasteiger charge is 2.48. The molecule has 172 valence electrons. The van der Waals surface area contributed by atoms with Gasteiger partial charge in [0.1, 0.15) is 12.2 Å². The summed E-state index contributed by atoms with van der Waals surface area (Å²) in [7, 11) is 0. The zero-order valence-electron chi connectivity index (χ0n) is 18.2. The van der Waals surface area contributed by atoms with E-state index in [1.165, 1.54) is 0 Å². The molecule has 3 aromatic carbocycles. The third-order valence-corrected chi connectivity index (χ3v) is 5.44. The van der Waals surface area contributed by atoms with E-state index in [1.54, 1.807) is 0 Å². The lowest BCUT2D eigenvalue weighted by Gasteiger charge is -2.38. The average Bonchev–Trinajstić information content (AvgIpc) is 2.86. The number of ether oxygens (including phenoxy) is 4. The fourth-order valence-corrected chi connectivity index (χ4v) is 3.70. The highest BCUT2D eigenvalue weighted by molar-refractivity contribution is 5.76. The first-order valence-corrected chi connectivity index (χ1v) is 11.0. The minimum atomic E-state index is -1.94. The van der Waals surface area contributed by atoms with Gasteiger partial charge in [0.25, 0.3) is 0 Å². The number of carbonyl (C=O) groups is 1. The molecule has 4 rings (SSSR count). The molecule has 0 radical (unpaired) electrons. The summed E-state index contributed by atoms with van der Waals surface area (Å²) >= 11 is 0. The van der Waals surface area contributed by atoms with Crippen molar-refractivity contribution in [3.63, 3.8) is 0 Å². The number of cyclic esters (lactones) is 1. The topological polar surface area (TPSA) is 54.0 Å². The smallest absolute Gasteiger partial charge is 0.344 e. The van der Waals surface area contributed by atoms with Crippen molar-refractivity contribution in [1.29, 1.82) is 0 Å². The first-order valence-electron chi connectivity index (χ1n) is 11.0. The standard InChI is InChI=1S/C27H27FO5/c28-24-26(32-18-22-14-8-3-9-15-22)25(31-17-21-12-6-2-7-13-21)23(33-27(24)29)19-30-16-20-10-4-1-5-11-20/h1-15,23-26H,16-19H2/t23-,24+,25-,26-/m1/s1. The number of esters is 1. The van der Waals surface area contributed by atoms with Crippen molar-refractivity contribution in [1.82, 2.24) is 0 Å². The van der Waals surface area contributed by atoms with Gasteiger partial charge in [-0.2, -0.15) is 0 Å². The fourth-order valence-electron chi connectivity index (χ4n) is 3.70. The van der Waals surface area contributed by atoms with Crippen LogP contribution in [0.4, 0.5) is 4.39 Å². The van der Waals surface area contributed by atoms with Crippen LogP contribution in [0.1, 0.15) is 16.7 Å². The highest BCUT2D eigenvalue weighted by Crippen LogP contribution is 2.27. The van der Waals surface area contributed by atoms with Gasteiger partial charge in [0.15, 0.2) is 6.10 Å². The molecule has 33 heavy (non-hydrogen) atoms. The second-order valence-electron chi connectivity index (χ2n) is 7.90. The Balaban J connectivity index is 1.46. The van der Waals surface area contributed by atoms with E-state index < -0.39 is 30.5 Å². The van der Waals surface area contributed by atoms with Gasteiger partial charge in [0.2, 0.25) is 6.17 Å². The van der Waals surface area contributed by atoms with Crippen molar-refractivity contribution < 1.29 is 28.1 Å². The molecular formula is C27H27FO5. The van der Waals surface area contributed by atoms with Gasteiger partial charge in [-0.05, 0) is 16.7 Å². The van der Waals surface area contributed by atoms with Crippen LogP contribution in [0.15, 0.2) is 91.0 Å². The first kappa shape index (κ1) is 23.1. The van der Waals surface area contributed by atoms with Crippen LogP contribution in [0.25, 0.3) is 0 Å². The van der Waals surface area contributed by atoms with Crippen molar-refractivity contribution in [3.05, 3.63) is 108 Å². The monoisotopic (exact) mass is 450 g/mol. The molecule has 0 amide bonds. The van der Waals surface area contributed by atoms with Gasteiger partial charge >= 0.3 is 5.97 Å². The van der Waals surface area contributed by atoms with E-state index in [2.05, 4.69) is 0 Å². The number of benzene rings is 3. The molecule has 0 bridgehead atoms. The maximum atomic E-state index is 15.0. The van der Waals surface area contributed by atoms with Gasteiger partial charge in [-0.3, -0.25) is 0 Å². The summed E-state index contributed by atoms with van der Waals surface area (Å²) in [5, 5.41) is 0. The molecule has 1 fully saturated rings. The van der Waals surface area contributed by atoms with Gasteiger partial charge in [-0.1, -0.05) is 91.0 Å². The molecule has 0 N–H and O–H groups in total. The summed E-state index contributed by atoms with van der Waals surface area (Å²) < 4.78 is 38.1. The normalized spacial score (nSPS) is 22.6. The number of alkyl halides is 1. The third kappa shape index (κ3) is 6.48. The van der Waals surface area contributed by atoms with Crippen LogP contribution in [-0.2, 0) is 43.6 Å². The van der Waals surface area contributed by atoms with Crippen molar-refractivity contribution in [2.45, 2.75) is 44.3 Å². The Morgan fingerprint density at radius 2 is 1.12 bits per heavy atom. The lowest BCUT2D eigenvalue weighted by molar-refractivity contribution is -0.221. The van der Waals surface area contributed by atoms with Crippen LogP contribution in [0, 0.1) is 0 Å². The second kappa shape index (κ2) is 11.7. The molecule has 0 unspecified atom stereocenters. The molecule has 1 aliphatic heterocycles. The number of rotatable bonds is 10. The molecule has 0 spiro atoms. The number of carbonyl (C=O) groups excluding carboxylic acids is 1. The van der Waals surface area contributed by atoms with Gasteiger partial charge in [-0.25, -0.2) is 9.18 Å². The van der Waals surface area contributed by atoms with Crippen LogP contribution in [-0.4, -0.2) is 37.1 Å². The average molecular weight is 451 g/mol. The SMILES string of the molecule is O=C1O[C@H](COCc2ccccc2)[C@@H](OCc2ccccc2)[C@H](OCc2ccccc2)[C@@H]1F. The van der Waals surface area contributed by atoms with E-state index in [9.17, 15) is 9.18 Å². The van der Waals surface area contributed by atoms with Crippen LogP contribution in [0.5, 0.6) is 0 Å². The maximum absolute atomic E-state index is 15.0. The largest absolute Gasteiger partial charge is 0.455 e. The van der Waals surface area contributed by atoms with Gasteiger partial charge in [-0.15, -0.1) is 0 Å². The number of hydrogen-bond donors (Lipinski definition) is 0. The molecular weight excluding hydrogens is 423 g/mol.